The fraction of sp³-hybridized carbons (Fsp3) is 0.286. The van der Waals surface area contributed by atoms with Crippen molar-refractivity contribution >= 4 is 12.7 Å². The van der Waals surface area contributed by atoms with Crippen molar-refractivity contribution in [2.45, 2.75) is 0 Å². The Morgan fingerprint density at radius 1 is 1.31 bits per heavy atom. The number of hydrogen-bond donors (Lipinski definition) is 2. The largest absolute Gasteiger partial charge is 0.512 e. The van der Waals surface area contributed by atoms with Gasteiger partial charge in [-0.2, -0.15) is 0 Å². The van der Waals surface area contributed by atoms with Gasteiger partial charge in [0, 0.05) is 12.3 Å². The second-order valence-corrected chi connectivity index (χ2v) is 2.31. The molecule has 0 spiro atoms. The summed E-state index contributed by atoms with van der Waals surface area (Å²) in [5.74, 6) is 0.653. The van der Waals surface area contributed by atoms with Crippen molar-refractivity contribution < 1.29 is 19.5 Å². The fourth-order valence-electron chi connectivity index (χ4n) is 0.996. The lowest BCUT2D eigenvalue weighted by molar-refractivity contribution is 0.352. The first-order valence-corrected chi connectivity index (χ1v) is 3.63. The minimum Gasteiger partial charge on any atom is -0.493 e. The Hall–Kier alpha value is -1.27. The van der Waals surface area contributed by atoms with Crippen LogP contribution in [0, 0.1) is 0 Å². The van der Waals surface area contributed by atoms with Crippen molar-refractivity contribution in [3.8, 4) is 11.5 Å². The van der Waals surface area contributed by atoms with Crippen LogP contribution in [-0.2, 0) is 0 Å². The van der Waals surface area contributed by atoms with Crippen molar-refractivity contribution in [1.29, 1.82) is 0 Å². The first-order valence-electron chi connectivity index (χ1n) is 3.63. The summed E-state index contributed by atoms with van der Waals surface area (Å²) in [7, 11) is 1.21. The molecule has 1 heterocycles. The average molecular weight is 183 g/mol. The molecule has 1 aromatic heterocycles. The Balaban J connectivity index is 3.19. The number of pyridine rings is 1. The van der Waals surface area contributed by atoms with E-state index in [9.17, 15) is 0 Å². The van der Waals surface area contributed by atoms with Crippen LogP contribution < -0.4 is 15.1 Å². The quantitative estimate of drug-likeness (QED) is 0.574. The van der Waals surface area contributed by atoms with E-state index in [1.165, 1.54) is 20.4 Å². The summed E-state index contributed by atoms with van der Waals surface area (Å²) < 4.78 is 9.86. The first-order chi connectivity index (χ1) is 6.20. The summed E-state index contributed by atoms with van der Waals surface area (Å²) in [6.07, 6.45) is 1.41. The van der Waals surface area contributed by atoms with Crippen LogP contribution in [0.1, 0.15) is 0 Å². The SMILES string of the molecule is COc1ccnc(B(O)O)c1OC. The van der Waals surface area contributed by atoms with Gasteiger partial charge in [0.2, 0.25) is 0 Å². The molecule has 5 nitrogen and oxygen atoms in total. The first kappa shape index (κ1) is 9.82. The van der Waals surface area contributed by atoms with E-state index in [-0.39, 0.29) is 11.3 Å². The van der Waals surface area contributed by atoms with Gasteiger partial charge in [-0.05, 0) is 0 Å². The normalized spacial score (nSPS) is 9.54. The number of rotatable bonds is 3. The van der Waals surface area contributed by atoms with Crippen LogP contribution in [0.15, 0.2) is 12.3 Å². The second-order valence-electron chi connectivity index (χ2n) is 2.31. The highest BCUT2D eigenvalue weighted by atomic mass is 16.5. The van der Waals surface area contributed by atoms with Crippen molar-refractivity contribution in [3.05, 3.63) is 12.3 Å². The Kier molecular flexibility index (Phi) is 3.10. The van der Waals surface area contributed by atoms with Gasteiger partial charge < -0.3 is 19.5 Å². The number of ether oxygens (including phenoxy) is 2. The molecule has 1 rings (SSSR count). The molecule has 0 aliphatic rings. The Bertz CT molecular complexity index is 292. The second kappa shape index (κ2) is 4.11. The topological polar surface area (TPSA) is 71.8 Å². The molecule has 13 heavy (non-hydrogen) atoms. The molecule has 0 aliphatic heterocycles. The lowest BCUT2D eigenvalue weighted by Gasteiger charge is -2.10. The van der Waals surface area contributed by atoms with Crippen LogP contribution in [-0.4, -0.2) is 36.4 Å². The van der Waals surface area contributed by atoms with Gasteiger partial charge in [0.15, 0.2) is 11.5 Å². The van der Waals surface area contributed by atoms with Gasteiger partial charge in [-0.1, -0.05) is 0 Å². The highest BCUT2D eigenvalue weighted by Crippen LogP contribution is 2.22. The molecule has 0 bridgehead atoms. The molecule has 2 N–H and O–H groups in total. The number of hydrogen-bond acceptors (Lipinski definition) is 5. The molecule has 0 saturated heterocycles. The zero-order valence-electron chi connectivity index (χ0n) is 7.39. The van der Waals surface area contributed by atoms with Gasteiger partial charge in [-0.15, -0.1) is 0 Å². The molecule has 0 radical (unpaired) electrons. The number of methoxy groups -OCH3 is 2. The highest BCUT2D eigenvalue weighted by molar-refractivity contribution is 6.58. The van der Waals surface area contributed by atoms with E-state index in [0.29, 0.717) is 5.75 Å². The summed E-state index contributed by atoms with van der Waals surface area (Å²) in [6, 6.07) is 1.57. The standard InChI is InChI=1S/C7H10BNO4/c1-12-5-3-4-9-7(8(10)11)6(5)13-2/h3-4,10-11H,1-2H3. The molecule has 0 unspecified atom stereocenters. The molecular formula is C7H10BNO4. The maximum atomic E-state index is 8.91. The van der Waals surface area contributed by atoms with Gasteiger partial charge in [-0.25, -0.2) is 0 Å². The summed E-state index contributed by atoms with van der Waals surface area (Å²) in [6.45, 7) is 0. The average Bonchev–Trinajstić information content (AvgIpc) is 2.16. The highest BCUT2D eigenvalue weighted by Gasteiger charge is 2.21. The van der Waals surface area contributed by atoms with Crippen molar-refractivity contribution in [2.24, 2.45) is 0 Å². The predicted molar refractivity (Wildman–Crippen MR) is 47.2 cm³/mol. The zero-order chi connectivity index (χ0) is 9.84. The zero-order valence-corrected chi connectivity index (χ0v) is 7.39. The van der Waals surface area contributed by atoms with E-state index in [1.54, 1.807) is 6.07 Å². The monoisotopic (exact) mass is 183 g/mol. The smallest absolute Gasteiger partial charge is 0.493 e. The van der Waals surface area contributed by atoms with Gasteiger partial charge in [0.25, 0.3) is 0 Å². The van der Waals surface area contributed by atoms with Gasteiger partial charge in [-0.3, -0.25) is 4.98 Å². The van der Waals surface area contributed by atoms with E-state index in [0.717, 1.165) is 0 Å². The Morgan fingerprint density at radius 2 is 2.00 bits per heavy atom. The Labute approximate surface area is 76.1 Å². The summed E-state index contributed by atoms with van der Waals surface area (Å²) in [4.78, 5) is 3.75. The summed E-state index contributed by atoms with van der Waals surface area (Å²) >= 11 is 0. The Morgan fingerprint density at radius 3 is 2.46 bits per heavy atom. The molecule has 0 aliphatic carbocycles. The molecule has 1 aromatic rings. The molecule has 6 heteroatoms. The van der Waals surface area contributed by atoms with E-state index in [1.807, 2.05) is 0 Å². The van der Waals surface area contributed by atoms with Crippen molar-refractivity contribution in [3.63, 3.8) is 0 Å². The maximum Gasteiger partial charge on any atom is 0.512 e. The third kappa shape index (κ3) is 1.91. The predicted octanol–water partition coefficient (Wildman–Crippen LogP) is -1.22. The van der Waals surface area contributed by atoms with Crippen LogP contribution in [0.2, 0.25) is 0 Å². The summed E-state index contributed by atoms with van der Waals surface area (Å²) in [5.41, 5.74) is 0.0434. The molecule has 0 saturated carbocycles. The van der Waals surface area contributed by atoms with Gasteiger partial charge in [0.05, 0.1) is 14.2 Å². The van der Waals surface area contributed by atoms with Crippen molar-refractivity contribution in [1.82, 2.24) is 4.98 Å². The molecule has 0 atom stereocenters. The molecule has 0 aromatic carbocycles. The van der Waals surface area contributed by atoms with E-state index >= 15 is 0 Å². The third-order valence-corrected chi connectivity index (χ3v) is 1.56. The van der Waals surface area contributed by atoms with E-state index in [4.69, 9.17) is 19.5 Å². The van der Waals surface area contributed by atoms with Crippen LogP contribution >= 0.6 is 0 Å². The lowest BCUT2D eigenvalue weighted by atomic mass is 9.84. The lowest BCUT2D eigenvalue weighted by Crippen LogP contribution is -2.34. The van der Waals surface area contributed by atoms with Crippen LogP contribution in [0.4, 0.5) is 0 Å². The van der Waals surface area contributed by atoms with Crippen molar-refractivity contribution in [2.75, 3.05) is 14.2 Å². The molecule has 0 amide bonds. The number of aromatic nitrogens is 1. The van der Waals surface area contributed by atoms with E-state index in [2.05, 4.69) is 4.98 Å². The minimum atomic E-state index is -1.66. The maximum absolute atomic E-state index is 8.91. The van der Waals surface area contributed by atoms with E-state index < -0.39 is 7.12 Å². The number of nitrogens with zero attached hydrogens (tertiary/aromatic N) is 1. The summed E-state index contributed by atoms with van der Waals surface area (Å²) in [5, 5.41) is 17.8. The fourth-order valence-corrected chi connectivity index (χ4v) is 0.996. The van der Waals surface area contributed by atoms with Gasteiger partial charge >= 0.3 is 7.12 Å². The minimum absolute atomic E-state index is 0.0434. The van der Waals surface area contributed by atoms with Crippen LogP contribution in [0.5, 0.6) is 11.5 Å². The molecule has 70 valence electrons. The van der Waals surface area contributed by atoms with Crippen LogP contribution in [0.25, 0.3) is 0 Å². The van der Waals surface area contributed by atoms with Crippen LogP contribution in [0.3, 0.4) is 0 Å². The molecule has 0 fully saturated rings. The third-order valence-electron chi connectivity index (χ3n) is 1.56. The van der Waals surface area contributed by atoms with Gasteiger partial charge in [0.1, 0.15) is 5.59 Å². The molecular weight excluding hydrogens is 173 g/mol.